The van der Waals surface area contributed by atoms with Gasteiger partial charge in [-0.15, -0.1) is 0 Å². The second-order valence-corrected chi connectivity index (χ2v) is 5.73. The van der Waals surface area contributed by atoms with Crippen LogP contribution in [-0.2, 0) is 10.0 Å². The molecule has 1 heterocycles. The Morgan fingerprint density at radius 1 is 1.46 bits per heavy atom. The van der Waals surface area contributed by atoms with E-state index in [-0.39, 0.29) is 11.8 Å². The summed E-state index contributed by atoms with van der Waals surface area (Å²) in [6.07, 6.45) is 2.68. The van der Waals surface area contributed by atoms with Crippen molar-refractivity contribution in [1.82, 2.24) is 4.31 Å². The Morgan fingerprint density at radius 3 is 2.54 bits per heavy atom. The van der Waals surface area contributed by atoms with Crippen molar-refractivity contribution in [2.24, 2.45) is 5.92 Å². The molecule has 5 heteroatoms. The second-order valence-electron chi connectivity index (χ2n) is 3.69. The maximum absolute atomic E-state index is 11.5. The molecule has 1 atom stereocenters. The Kier molecular flexibility index (Phi) is 2.05. The highest BCUT2D eigenvalue weighted by Crippen LogP contribution is 2.37. The van der Waals surface area contributed by atoms with Crippen LogP contribution in [0, 0.1) is 17.2 Å². The van der Waals surface area contributed by atoms with E-state index in [1.54, 1.807) is 0 Å². The minimum Gasteiger partial charge on any atom is -0.212 e. The molecule has 1 unspecified atom stereocenters. The third-order valence-corrected chi connectivity index (χ3v) is 4.58. The fraction of sp³-hybridized carbons (Fsp3) is 0.875. The number of rotatable bonds is 2. The maximum Gasteiger partial charge on any atom is 0.215 e. The van der Waals surface area contributed by atoms with E-state index in [1.165, 1.54) is 4.31 Å². The van der Waals surface area contributed by atoms with Crippen LogP contribution in [-0.4, -0.2) is 31.1 Å². The van der Waals surface area contributed by atoms with Gasteiger partial charge in [0.2, 0.25) is 10.0 Å². The lowest BCUT2D eigenvalue weighted by molar-refractivity contribution is 0.366. The van der Waals surface area contributed by atoms with E-state index in [9.17, 15) is 8.42 Å². The molecule has 0 radical (unpaired) electrons. The zero-order valence-corrected chi connectivity index (χ0v) is 8.13. The Labute approximate surface area is 78.2 Å². The molecule has 0 spiro atoms. The first-order valence-electron chi connectivity index (χ1n) is 4.54. The molecule has 2 rings (SSSR count). The Bertz CT molecular complexity index is 340. The summed E-state index contributed by atoms with van der Waals surface area (Å²) in [5, 5.41) is 8.87. The third kappa shape index (κ3) is 1.56. The third-order valence-electron chi connectivity index (χ3n) is 2.65. The molecule has 0 bridgehead atoms. The quantitative estimate of drug-likeness (QED) is 0.645. The van der Waals surface area contributed by atoms with E-state index < -0.39 is 10.0 Å². The molecule has 0 aromatic heterocycles. The fourth-order valence-corrected chi connectivity index (χ4v) is 3.49. The van der Waals surface area contributed by atoms with Crippen LogP contribution in [0.15, 0.2) is 0 Å². The fourth-order valence-electron chi connectivity index (χ4n) is 1.79. The first-order valence-corrected chi connectivity index (χ1v) is 6.15. The summed E-state index contributed by atoms with van der Waals surface area (Å²) >= 11 is 0. The number of sulfonamides is 1. The highest BCUT2D eigenvalue weighted by atomic mass is 32.2. The van der Waals surface area contributed by atoms with Crippen LogP contribution in [0.25, 0.3) is 0 Å². The molecule has 1 aliphatic heterocycles. The molecule has 0 amide bonds. The molecule has 2 aliphatic rings. The largest absolute Gasteiger partial charge is 0.215 e. The van der Waals surface area contributed by atoms with Gasteiger partial charge in [0, 0.05) is 6.54 Å². The van der Waals surface area contributed by atoms with Crippen molar-refractivity contribution < 1.29 is 8.42 Å². The molecule has 1 saturated heterocycles. The number of hydrogen-bond donors (Lipinski definition) is 0. The van der Waals surface area contributed by atoms with Crippen molar-refractivity contribution in [2.45, 2.75) is 25.3 Å². The summed E-state index contributed by atoms with van der Waals surface area (Å²) in [5.74, 6) is 0.524. The predicted octanol–water partition coefficient (Wildman–Crippen LogP) is 0.324. The lowest BCUT2D eigenvalue weighted by Gasteiger charge is -2.19. The smallest absolute Gasteiger partial charge is 0.212 e. The van der Waals surface area contributed by atoms with Gasteiger partial charge in [-0.05, 0) is 25.2 Å². The monoisotopic (exact) mass is 200 g/mol. The highest BCUT2D eigenvalue weighted by molar-refractivity contribution is 7.89. The van der Waals surface area contributed by atoms with Gasteiger partial charge in [-0.25, -0.2) is 8.42 Å². The van der Waals surface area contributed by atoms with Crippen molar-refractivity contribution in [1.29, 1.82) is 5.26 Å². The number of nitrogens with zero attached hydrogens (tertiary/aromatic N) is 2. The van der Waals surface area contributed by atoms with Crippen LogP contribution in [0.3, 0.4) is 0 Å². The first-order chi connectivity index (χ1) is 6.15. The lowest BCUT2D eigenvalue weighted by atomic mass is 10.2. The topological polar surface area (TPSA) is 61.2 Å². The zero-order chi connectivity index (χ0) is 9.47. The Hall–Kier alpha value is -0.600. The van der Waals surface area contributed by atoms with E-state index in [1.807, 2.05) is 0 Å². The zero-order valence-electron chi connectivity index (χ0n) is 7.31. The predicted molar refractivity (Wildman–Crippen MR) is 47.2 cm³/mol. The SMILES string of the molecule is N#CC(C1CC1)N1CCCS1(=O)=O. The van der Waals surface area contributed by atoms with Gasteiger partial charge in [-0.1, -0.05) is 0 Å². The molecule has 0 N–H and O–H groups in total. The van der Waals surface area contributed by atoms with Crippen LogP contribution in [0.5, 0.6) is 0 Å². The standard InChI is InChI=1S/C8H12N2O2S/c9-6-8(7-2-3-7)10-4-1-5-13(10,11)12/h7-8H,1-5H2. The molecular weight excluding hydrogens is 188 g/mol. The lowest BCUT2D eigenvalue weighted by Crippen LogP contribution is -2.37. The molecule has 4 nitrogen and oxygen atoms in total. The van der Waals surface area contributed by atoms with Crippen molar-refractivity contribution in [3.8, 4) is 6.07 Å². The van der Waals surface area contributed by atoms with Gasteiger partial charge in [-0.2, -0.15) is 9.57 Å². The minimum atomic E-state index is -3.09. The van der Waals surface area contributed by atoms with Crippen molar-refractivity contribution in [3.05, 3.63) is 0 Å². The maximum atomic E-state index is 11.5. The number of nitriles is 1. The van der Waals surface area contributed by atoms with E-state index in [2.05, 4.69) is 6.07 Å². The van der Waals surface area contributed by atoms with Gasteiger partial charge < -0.3 is 0 Å². The molecule has 1 aliphatic carbocycles. The molecule has 1 saturated carbocycles. The average Bonchev–Trinajstić information content (AvgIpc) is 2.81. The van der Waals surface area contributed by atoms with Gasteiger partial charge in [-0.3, -0.25) is 0 Å². The first kappa shape index (κ1) is 8.97. The average molecular weight is 200 g/mol. The molecule has 72 valence electrons. The summed E-state index contributed by atoms with van der Waals surface area (Å²) < 4.78 is 24.3. The van der Waals surface area contributed by atoms with Gasteiger partial charge in [0.05, 0.1) is 11.8 Å². The van der Waals surface area contributed by atoms with E-state index in [4.69, 9.17) is 5.26 Å². The molecule has 0 aromatic rings. The molecule has 13 heavy (non-hydrogen) atoms. The molecule has 2 fully saturated rings. The highest BCUT2D eigenvalue weighted by Gasteiger charge is 2.42. The summed E-state index contributed by atoms with van der Waals surface area (Å²) in [7, 11) is -3.09. The Balaban J connectivity index is 2.19. The van der Waals surface area contributed by atoms with Crippen molar-refractivity contribution in [2.75, 3.05) is 12.3 Å². The van der Waals surface area contributed by atoms with E-state index in [0.717, 1.165) is 12.8 Å². The summed E-state index contributed by atoms with van der Waals surface area (Å²) in [4.78, 5) is 0. The Morgan fingerprint density at radius 2 is 2.15 bits per heavy atom. The van der Waals surface area contributed by atoms with Crippen molar-refractivity contribution >= 4 is 10.0 Å². The van der Waals surface area contributed by atoms with Gasteiger partial charge in [0.25, 0.3) is 0 Å². The summed E-state index contributed by atoms with van der Waals surface area (Å²) in [6, 6.07) is 1.73. The van der Waals surface area contributed by atoms with Crippen LogP contribution in [0.2, 0.25) is 0 Å². The van der Waals surface area contributed by atoms with Gasteiger partial charge >= 0.3 is 0 Å². The van der Waals surface area contributed by atoms with Crippen molar-refractivity contribution in [3.63, 3.8) is 0 Å². The molecular formula is C8H12N2O2S. The van der Waals surface area contributed by atoms with Crippen LogP contribution in [0.4, 0.5) is 0 Å². The van der Waals surface area contributed by atoms with Crippen LogP contribution < -0.4 is 0 Å². The summed E-state index contributed by atoms with van der Waals surface area (Å²) in [6.45, 7) is 0.539. The van der Waals surface area contributed by atoms with E-state index >= 15 is 0 Å². The normalized spacial score (nSPS) is 29.8. The van der Waals surface area contributed by atoms with Gasteiger partial charge in [0.15, 0.2) is 0 Å². The number of hydrogen-bond acceptors (Lipinski definition) is 3. The summed E-state index contributed by atoms with van der Waals surface area (Å²) in [5.41, 5.74) is 0. The molecule has 0 aromatic carbocycles. The van der Waals surface area contributed by atoms with Crippen LogP contribution in [0.1, 0.15) is 19.3 Å². The minimum absolute atomic E-state index is 0.220. The van der Waals surface area contributed by atoms with E-state index in [0.29, 0.717) is 18.9 Å². The second kappa shape index (κ2) is 2.96. The van der Waals surface area contributed by atoms with Crippen LogP contribution >= 0.6 is 0 Å². The van der Waals surface area contributed by atoms with Gasteiger partial charge in [0.1, 0.15) is 6.04 Å².